The number of nitrogens with one attached hydrogen (secondary N) is 1. The summed E-state index contributed by atoms with van der Waals surface area (Å²) in [4.78, 5) is 10.0. The first-order chi connectivity index (χ1) is 21.2. The van der Waals surface area contributed by atoms with Gasteiger partial charge in [0.15, 0.2) is 12.1 Å². The van der Waals surface area contributed by atoms with E-state index in [1.54, 1.807) is 0 Å². The highest BCUT2D eigenvalue weighted by Gasteiger charge is 2.26. The number of allylic oxidation sites excluding steroid dienone is 3. The van der Waals surface area contributed by atoms with Crippen LogP contribution in [0.5, 0.6) is 5.75 Å². The molecular formula is C38H32N4O. The Hall–Kier alpha value is -5.42. The maximum atomic E-state index is 6.58. The Labute approximate surface area is 251 Å². The largest absolute Gasteiger partial charge is 0.464 e. The summed E-state index contributed by atoms with van der Waals surface area (Å²) in [6.07, 6.45) is 5.93. The molecule has 5 nitrogen and oxygen atoms in total. The van der Waals surface area contributed by atoms with Crippen LogP contribution in [0.2, 0.25) is 0 Å². The SMILES string of the molecule is N/C(=N\C(=N/Cc1ccccc1)C1=C(c2ccc(C3Nc4ccccc4O3)c3ccccc23)C=CCC1)c1ccccc1. The fraction of sp³-hybridized carbons (Fsp3) is 0.105. The average Bonchev–Trinajstić information content (AvgIpc) is 3.51. The fourth-order valence-corrected chi connectivity index (χ4v) is 5.80. The Balaban J connectivity index is 1.35. The van der Waals surface area contributed by atoms with Gasteiger partial charge in [-0.05, 0) is 52.4 Å². The third kappa shape index (κ3) is 5.45. The summed E-state index contributed by atoms with van der Waals surface area (Å²) in [5.41, 5.74) is 14.0. The summed E-state index contributed by atoms with van der Waals surface area (Å²) in [6.45, 7) is 0.521. The van der Waals surface area contributed by atoms with Gasteiger partial charge in [0.1, 0.15) is 11.6 Å². The second-order valence-electron chi connectivity index (χ2n) is 10.7. The molecular weight excluding hydrogens is 528 g/mol. The van der Waals surface area contributed by atoms with Gasteiger partial charge in [-0.1, -0.05) is 121 Å². The maximum Gasteiger partial charge on any atom is 0.197 e. The predicted octanol–water partition coefficient (Wildman–Crippen LogP) is 8.45. The van der Waals surface area contributed by atoms with Crippen LogP contribution in [0, 0.1) is 0 Å². The molecule has 0 amide bonds. The summed E-state index contributed by atoms with van der Waals surface area (Å²) < 4.78 is 6.32. The highest BCUT2D eigenvalue weighted by atomic mass is 16.5. The number of nitrogens with two attached hydrogens (primary N) is 1. The molecule has 0 aromatic heterocycles. The van der Waals surface area contributed by atoms with Crippen molar-refractivity contribution < 1.29 is 4.74 Å². The van der Waals surface area contributed by atoms with E-state index < -0.39 is 0 Å². The first-order valence-corrected chi connectivity index (χ1v) is 14.7. The zero-order chi connectivity index (χ0) is 29.0. The summed E-state index contributed by atoms with van der Waals surface area (Å²) >= 11 is 0. The lowest BCUT2D eigenvalue weighted by Gasteiger charge is -2.21. The van der Waals surface area contributed by atoms with Gasteiger partial charge in [-0.25, -0.2) is 4.99 Å². The quantitative estimate of drug-likeness (QED) is 0.162. The zero-order valence-electron chi connectivity index (χ0n) is 23.8. The number of rotatable bonds is 6. The summed E-state index contributed by atoms with van der Waals surface area (Å²) in [7, 11) is 0. The number of hydrogen-bond acceptors (Lipinski definition) is 3. The molecule has 7 rings (SSSR count). The molecule has 0 saturated carbocycles. The Kier molecular flexibility index (Phi) is 7.28. The zero-order valence-corrected chi connectivity index (χ0v) is 23.8. The van der Waals surface area contributed by atoms with Gasteiger partial charge < -0.3 is 15.8 Å². The first-order valence-electron chi connectivity index (χ1n) is 14.7. The molecule has 43 heavy (non-hydrogen) atoms. The number of fused-ring (bicyclic) bond motifs is 2. The molecule has 5 aromatic carbocycles. The third-order valence-electron chi connectivity index (χ3n) is 7.94. The van der Waals surface area contributed by atoms with E-state index in [2.05, 4.69) is 66.0 Å². The van der Waals surface area contributed by atoms with Crippen LogP contribution in [0.25, 0.3) is 16.3 Å². The van der Waals surface area contributed by atoms with Gasteiger partial charge in [0, 0.05) is 16.7 Å². The van der Waals surface area contributed by atoms with Crippen LogP contribution in [0.1, 0.15) is 41.3 Å². The Morgan fingerprint density at radius 2 is 1.51 bits per heavy atom. The molecule has 5 aromatic rings. The van der Waals surface area contributed by atoms with E-state index >= 15 is 0 Å². The number of ether oxygens (including phenoxy) is 1. The maximum absolute atomic E-state index is 6.58. The van der Waals surface area contributed by atoms with Crippen LogP contribution < -0.4 is 15.8 Å². The molecule has 0 saturated heterocycles. The minimum atomic E-state index is -0.259. The standard InChI is InChI=1S/C38H32N4O/c39-36(27-15-5-2-6-16-27)42-37(40-25-26-13-3-1-4-14-26)32-20-10-9-18-29(32)31-23-24-33(30-19-8-7-17-28(30)31)38-41-34-21-11-12-22-35(34)43-38/h1-9,11-19,21-24,38,41H,10,20,25H2,(H2,39,40,42). The molecule has 1 aliphatic heterocycles. The number of para-hydroxylation sites is 2. The molecule has 1 atom stereocenters. The van der Waals surface area contributed by atoms with Crippen LogP contribution in [0.4, 0.5) is 5.69 Å². The van der Waals surface area contributed by atoms with Crippen LogP contribution >= 0.6 is 0 Å². The Bertz CT molecular complexity index is 1880. The molecule has 2 aliphatic rings. The number of anilines is 1. The Morgan fingerprint density at radius 3 is 2.33 bits per heavy atom. The van der Waals surface area contributed by atoms with E-state index in [4.69, 9.17) is 20.5 Å². The van der Waals surface area contributed by atoms with Crippen LogP contribution in [-0.2, 0) is 6.54 Å². The van der Waals surface area contributed by atoms with Crippen molar-refractivity contribution in [1.29, 1.82) is 0 Å². The molecule has 5 heteroatoms. The van der Waals surface area contributed by atoms with Crippen LogP contribution in [-0.4, -0.2) is 11.7 Å². The summed E-state index contributed by atoms with van der Waals surface area (Å²) in [5, 5.41) is 5.84. The van der Waals surface area contributed by atoms with Gasteiger partial charge in [-0.3, -0.25) is 4.99 Å². The highest BCUT2D eigenvalue weighted by molar-refractivity contribution is 6.16. The Morgan fingerprint density at radius 1 is 0.791 bits per heavy atom. The van der Waals surface area contributed by atoms with Crippen molar-refractivity contribution in [2.75, 3.05) is 5.32 Å². The van der Waals surface area contributed by atoms with Gasteiger partial charge in [-0.15, -0.1) is 0 Å². The number of aliphatic imine (C=N–C) groups is 2. The molecule has 0 fully saturated rings. The summed E-state index contributed by atoms with van der Waals surface area (Å²) in [5.74, 6) is 2.00. The summed E-state index contributed by atoms with van der Waals surface area (Å²) in [6, 6.07) is 41.1. The lowest BCUT2D eigenvalue weighted by atomic mass is 9.87. The molecule has 0 radical (unpaired) electrons. The number of hydrogen-bond donors (Lipinski definition) is 2. The van der Waals surface area contributed by atoms with Crippen molar-refractivity contribution >= 4 is 33.7 Å². The van der Waals surface area contributed by atoms with Crippen molar-refractivity contribution in [3.05, 3.63) is 161 Å². The van der Waals surface area contributed by atoms with E-state index in [1.165, 1.54) is 0 Å². The minimum absolute atomic E-state index is 0.259. The number of amidine groups is 2. The van der Waals surface area contributed by atoms with E-state index in [0.717, 1.165) is 68.5 Å². The monoisotopic (exact) mass is 560 g/mol. The number of benzene rings is 5. The van der Waals surface area contributed by atoms with E-state index in [0.29, 0.717) is 18.2 Å². The topological polar surface area (TPSA) is 72.0 Å². The molecule has 1 heterocycles. The van der Waals surface area contributed by atoms with Crippen molar-refractivity contribution in [2.45, 2.75) is 25.6 Å². The second-order valence-corrected chi connectivity index (χ2v) is 10.7. The predicted molar refractivity (Wildman–Crippen MR) is 177 cm³/mol. The highest BCUT2D eigenvalue weighted by Crippen LogP contribution is 2.41. The lowest BCUT2D eigenvalue weighted by molar-refractivity contribution is 0.261. The molecule has 210 valence electrons. The smallest absolute Gasteiger partial charge is 0.197 e. The van der Waals surface area contributed by atoms with Crippen LogP contribution in [0.15, 0.2) is 149 Å². The average molecular weight is 561 g/mol. The fourth-order valence-electron chi connectivity index (χ4n) is 5.80. The second kappa shape index (κ2) is 11.8. The van der Waals surface area contributed by atoms with Gasteiger partial charge in [-0.2, -0.15) is 0 Å². The molecule has 0 spiro atoms. The minimum Gasteiger partial charge on any atom is -0.464 e. The molecule has 1 unspecified atom stereocenters. The van der Waals surface area contributed by atoms with Crippen molar-refractivity contribution in [2.24, 2.45) is 15.7 Å². The van der Waals surface area contributed by atoms with Crippen molar-refractivity contribution in [3.8, 4) is 5.75 Å². The third-order valence-corrected chi connectivity index (χ3v) is 7.94. The van der Waals surface area contributed by atoms with E-state index in [9.17, 15) is 0 Å². The van der Waals surface area contributed by atoms with Gasteiger partial charge in [0.2, 0.25) is 0 Å². The van der Waals surface area contributed by atoms with Gasteiger partial charge >= 0.3 is 0 Å². The first kappa shape index (κ1) is 26.5. The molecule has 3 N–H and O–H groups in total. The lowest BCUT2D eigenvalue weighted by Crippen LogP contribution is -2.18. The van der Waals surface area contributed by atoms with E-state index in [1.807, 2.05) is 72.8 Å². The van der Waals surface area contributed by atoms with E-state index in [-0.39, 0.29) is 6.23 Å². The normalized spacial score (nSPS) is 16.6. The van der Waals surface area contributed by atoms with Crippen molar-refractivity contribution in [1.82, 2.24) is 0 Å². The van der Waals surface area contributed by atoms with Crippen molar-refractivity contribution in [3.63, 3.8) is 0 Å². The van der Waals surface area contributed by atoms with Gasteiger partial charge in [0.25, 0.3) is 0 Å². The molecule has 0 bridgehead atoms. The molecule has 1 aliphatic carbocycles. The van der Waals surface area contributed by atoms with Gasteiger partial charge in [0.05, 0.1) is 12.2 Å². The van der Waals surface area contributed by atoms with Crippen LogP contribution in [0.3, 0.4) is 0 Å². The number of nitrogens with zero attached hydrogens (tertiary/aromatic N) is 2.